The molecule has 0 saturated heterocycles. The Morgan fingerprint density at radius 2 is 1.70 bits per heavy atom. The molecule has 0 unspecified atom stereocenters. The predicted molar refractivity (Wildman–Crippen MR) is 82.8 cm³/mol. The van der Waals surface area contributed by atoms with Crippen molar-refractivity contribution < 1.29 is 26.3 Å². The van der Waals surface area contributed by atoms with Gasteiger partial charge in [-0.15, -0.1) is 13.2 Å². The second-order valence-corrected chi connectivity index (χ2v) is 7.13. The quantitative estimate of drug-likeness (QED) is 0.810. The molecule has 1 N–H and O–H groups in total. The molecule has 0 heterocycles. The molecule has 0 aromatic heterocycles. The van der Waals surface area contributed by atoms with Crippen LogP contribution < -0.4 is 9.46 Å². The largest absolute Gasteiger partial charge is 0.573 e. The molecule has 0 spiro atoms. The number of hydrogen-bond acceptors (Lipinski definition) is 3. The van der Waals surface area contributed by atoms with Gasteiger partial charge in [0.15, 0.2) is 0 Å². The van der Waals surface area contributed by atoms with E-state index in [0.717, 1.165) is 34.3 Å². The van der Waals surface area contributed by atoms with Gasteiger partial charge in [0, 0.05) is 10.2 Å². The zero-order valence-electron chi connectivity index (χ0n) is 11.7. The zero-order chi connectivity index (χ0) is 17.3. The van der Waals surface area contributed by atoms with Crippen molar-refractivity contribution in [2.45, 2.75) is 18.2 Å². The number of alkyl halides is 3. The Hall–Kier alpha value is -1.74. The number of ether oxygens (including phenoxy) is 1. The molecule has 2 aromatic carbocycles. The molecule has 2 aromatic rings. The lowest BCUT2D eigenvalue weighted by Gasteiger charge is -2.11. The fraction of sp³-hybridized carbons (Fsp3) is 0.143. The van der Waals surface area contributed by atoms with Crippen molar-refractivity contribution in [1.82, 2.24) is 0 Å². The molecule has 2 rings (SSSR count). The second-order valence-electron chi connectivity index (χ2n) is 4.59. The van der Waals surface area contributed by atoms with Crippen molar-refractivity contribution in [3.05, 3.63) is 52.5 Å². The summed E-state index contributed by atoms with van der Waals surface area (Å²) in [6, 6.07) is 8.83. The van der Waals surface area contributed by atoms with E-state index in [2.05, 4.69) is 25.4 Å². The Balaban J connectivity index is 2.20. The van der Waals surface area contributed by atoms with Crippen molar-refractivity contribution in [1.29, 1.82) is 0 Å². The molecule has 0 saturated carbocycles. The monoisotopic (exact) mass is 409 g/mol. The minimum Gasteiger partial charge on any atom is -0.406 e. The van der Waals surface area contributed by atoms with Crippen LogP contribution in [-0.4, -0.2) is 14.8 Å². The van der Waals surface area contributed by atoms with Crippen LogP contribution in [0, 0.1) is 6.92 Å². The Labute approximate surface area is 139 Å². The van der Waals surface area contributed by atoms with Crippen molar-refractivity contribution in [3.8, 4) is 5.75 Å². The van der Waals surface area contributed by atoms with Crippen LogP contribution in [0.1, 0.15) is 5.56 Å². The first kappa shape index (κ1) is 17.6. The fourth-order valence-electron chi connectivity index (χ4n) is 1.74. The van der Waals surface area contributed by atoms with Crippen LogP contribution in [0.15, 0.2) is 51.8 Å². The van der Waals surface area contributed by atoms with E-state index in [9.17, 15) is 21.6 Å². The molecular weight excluding hydrogens is 399 g/mol. The summed E-state index contributed by atoms with van der Waals surface area (Å²) in [5, 5.41) is 0. The average molecular weight is 410 g/mol. The number of sulfonamides is 1. The molecule has 124 valence electrons. The molecule has 0 aliphatic heterocycles. The van der Waals surface area contributed by atoms with Gasteiger partial charge < -0.3 is 4.74 Å². The summed E-state index contributed by atoms with van der Waals surface area (Å²) in [5.41, 5.74) is 1.18. The molecular formula is C14H11BrF3NO3S. The molecule has 0 aliphatic carbocycles. The van der Waals surface area contributed by atoms with Gasteiger partial charge in [-0.2, -0.15) is 0 Å². The first-order chi connectivity index (χ1) is 10.6. The standard InChI is InChI=1S/C14H11BrF3NO3S/c1-9-8-10(2-7-13(9)15)19-23(20,21)12-5-3-11(4-6-12)22-14(16,17)18/h2-8,19H,1H3. The van der Waals surface area contributed by atoms with Crippen molar-refractivity contribution in [2.24, 2.45) is 0 Å². The Kier molecular flexibility index (Phi) is 4.90. The van der Waals surface area contributed by atoms with Gasteiger partial charge in [0.25, 0.3) is 10.0 Å². The normalized spacial score (nSPS) is 12.0. The van der Waals surface area contributed by atoms with Gasteiger partial charge in [-0.25, -0.2) is 8.42 Å². The Morgan fingerprint density at radius 1 is 1.09 bits per heavy atom. The van der Waals surface area contributed by atoms with E-state index in [1.165, 1.54) is 0 Å². The van der Waals surface area contributed by atoms with Gasteiger partial charge >= 0.3 is 6.36 Å². The minimum atomic E-state index is -4.83. The first-order valence-corrected chi connectivity index (χ1v) is 8.49. The van der Waals surface area contributed by atoms with Gasteiger partial charge in [-0.05, 0) is 55.0 Å². The third-order valence-electron chi connectivity index (χ3n) is 2.78. The average Bonchev–Trinajstić information content (AvgIpc) is 2.41. The fourth-order valence-corrected chi connectivity index (χ4v) is 3.04. The highest BCUT2D eigenvalue weighted by Gasteiger charge is 2.31. The highest BCUT2D eigenvalue weighted by atomic mass is 79.9. The van der Waals surface area contributed by atoms with Gasteiger partial charge in [0.1, 0.15) is 5.75 Å². The van der Waals surface area contributed by atoms with Crippen LogP contribution in [0.25, 0.3) is 0 Å². The van der Waals surface area contributed by atoms with Crippen LogP contribution in [0.3, 0.4) is 0 Å². The van der Waals surface area contributed by atoms with Crippen LogP contribution in [0.4, 0.5) is 18.9 Å². The summed E-state index contributed by atoms with van der Waals surface area (Å²) in [6.45, 7) is 1.80. The maximum absolute atomic E-state index is 12.2. The zero-order valence-corrected chi connectivity index (χ0v) is 14.1. The van der Waals surface area contributed by atoms with E-state index in [4.69, 9.17) is 0 Å². The molecule has 9 heteroatoms. The summed E-state index contributed by atoms with van der Waals surface area (Å²) in [6.07, 6.45) is -4.83. The number of hydrogen-bond donors (Lipinski definition) is 1. The third kappa shape index (κ3) is 4.87. The van der Waals surface area contributed by atoms with Gasteiger partial charge in [-0.3, -0.25) is 4.72 Å². The maximum atomic E-state index is 12.2. The van der Waals surface area contributed by atoms with E-state index in [0.29, 0.717) is 5.69 Å². The third-order valence-corrected chi connectivity index (χ3v) is 5.06. The number of benzene rings is 2. The molecule has 0 amide bonds. The number of halogens is 4. The number of anilines is 1. The number of nitrogens with one attached hydrogen (secondary N) is 1. The maximum Gasteiger partial charge on any atom is 0.573 e. The molecule has 0 fully saturated rings. The Bertz CT molecular complexity index is 805. The SMILES string of the molecule is Cc1cc(NS(=O)(=O)c2ccc(OC(F)(F)F)cc2)ccc1Br. The lowest BCUT2D eigenvalue weighted by Crippen LogP contribution is -2.17. The lowest BCUT2D eigenvalue weighted by molar-refractivity contribution is -0.274. The number of aryl methyl sites for hydroxylation is 1. The molecule has 0 radical (unpaired) electrons. The van der Waals surface area contributed by atoms with Crippen molar-refractivity contribution in [3.63, 3.8) is 0 Å². The minimum absolute atomic E-state index is 0.174. The molecule has 23 heavy (non-hydrogen) atoms. The lowest BCUT2D eigenvalue weighted by atomic mass is 10.2. The molecule has 4 nitrogen and oxygen atoms in total. The second kappa shape index (κ2) is 6.40. The van der Waals surface area contributed by atoms with Crippen LogP contribution in [-0.2, 0) is 10.0 Å². The highest BCUT2D eigenvalue weighted by Crippen LogP contribution is 2.26. The molecule has 0 aliphatic rings. The summed E-state index contributed by atoms with van der Waals surface area (Å²) in [5.74, 6) is -0.490. The highest BCUT2D eigenvalue weighted by molar-refractivity contribution is 9.10. The van der Waals surface area contributed by atoms with Crippen molar-refractivity contribution in [2.75, 3.05) is 4.72 Å². The van der Waals surface area contributed by atoms with Gasteiger partial charge in [0.05, 0.1) is 4.90 Å². The summed E-state index contributed by atoms with van der Waals surface area (Å²) in [7, 11) is -3.91. The van der Waals surface area contributed by atoms with E-state index in [1.54, 1.807) is 25.1 Å². The van der Waals surface area contributed by atoms with Crippen LogP contribution >= 0.6 is 15.9 Å². The van der Waals surface area contributed by atoms with E-state index >= 15 is 0 Å². The van der Waals surface area contributed by atoms with Gasteiger partial charge in [0.2, 0.25) is 0 Å². The predicted octanol–water partition coefficient (Wildman–Crippen LogP) is 4.46. The van der Waals surface area contributed by atoms with E-state index < -0.39 is 22.1 Å². The van der Waals surface area contributed by atoms with E-state index in [-0.39, 0.29) is 4.90 Å². The summed E-state index contributed by atoms with van der Waals surface area (Å²) in [4.78, 5) is -0.174. The first-order valence-electron chi connectivity index (χ1n) is 6.22. The van der Waals surface area contributed by atoms with Crippen LogP contribution in [0.2, 0.25) is 0 Å². The topological polar surface area (TPSA) is 55.4 Å². The summed E-state index contributed by atoms with van der Waals surface area (Å²) < 4.78 is 67.5. The Morgan fingerprint density at radius 3 is 2.22 bits per heavy atom. The molecule has 0 bridgehead atoms. The summed E-state index contributed by atoms with van der Waals surface area (Å²) >= 11 is 3.30. The number of rotatable bonds is 4. The smallest absolute Gasteiger partial charge is 0.406 e. The molecule has 0 atom stereocenters. The van der Waals surface area contributed by atoms with Crippen LogP contribution in [0.5, 0.6) is 5.75 Å². The van der Waals surface area contributed by atoms with Crippen molar-refractivity contribution >= 4 is 31.6 Å². The van der Waals surface area contributed by atoms with Gasteiger partial charge in [-0.1, -0.05) is 15.9 Å². The van der Waals surface area contributed by atoms with E-state index in [1.807, 2.05) is 0 Å².